The molecule has 2 aliphatic heterocycles. The minimum absolute atomic E-state index is 0.0578. The third-order valence-corrected chi connectivity index (χ3v) is 5.03. The van der Waals surface area contributed by atoms with Crippen molar-refractivity contribution in [1.29, 1.82) is 0 Å². The van der Waals surface area contributed by atoms with Gasteiger partial charge in [0.2, 0.25) is 5.91 Å². The Labute approximate surface area is 154 Å². The predicted octanol–water partition coefficient (Wildman–Crippen LogP) is 1.20. The zero-order chi connectivity index (χ0) is 17.8. The summed E-state index contributed by atoms with van der Waals surface area (Å²) in [4.78, 5) is 30.3. The monoisotopic (exact) mass is 413 g/mol. The maximum Gasteiger partial charge on any atom is 0.256 e. The fraction of sp³-hybridized carbons (Fsp3) is 0.529. The van der Waals surface area contributed by atoms with Gasteiger partial charge in [-0.15, -0.1) is 0 Å². The molecule has 2 amide bonds. The van der Waals surface area contributed by atoms with Crippen LogP contribution < -0.4 is 0 Å². The average Bonchev–Trinajstić information content (AvgIpc) is 2.64. The maximum absolute atomic E-state index is 13.9. The number of ether oxygens (including phenoxy) is 1. The molecule has 2 heterocycles. The van der Waals surface area contributed by atoms with E-state index in [1.165, 1.54) is 12.1 Å². The molecule has 0 spiro atoms. The first kappa shape index (κ1) is 18.3. The molecule has 2 aliphatic rings. The number of hydrogen-bond acceptors (Lipinski definition) is 4. The number of carbonyl (C=O) groups excluding carboxylic acids is 2. The second kappa shape index (κ2) is 8.25. The Kier molecular flexibility index (Phi) is 6.03. The first-order valence-electron chi connectivity index (χ1n) is 8.37. The lowest BCUT2D eigenvalue weighted by molar-refractivity contribution is -0.134. The van der Waals surface area contributed by atoms with Crippen LogP contribution in [-0.4, -0.2) is 85.5 Å². The highest BCUT2D eigenvalue weighted by atomic mass is 79.9. The molecule has 0 unspecified atom stereocenters. The molecule has 3 rings (SSSR count). The number of piperazine rings is 1. The normalized spacial score (nSPS) is 19.1. The van der Waals surface area contributed by atoms with Crippen LogP contribution in [0.4, 0.5) is 4.39 Å². The fourth-order valence-corrected chi connectivity index (χ4v) is 3.40. The van der Waals surface area contributed by atoms with Gasteiger partial charge in [-0.3, -0.25) is 14.5 Å². The van der Waals surface area contributed by atoms with E-state index in [-0.39, 0.29) is 17.4 Å². The first-order chi connectivity index (χ1) is 12.0. The molecule has 25 heavy (non-hydrogen) atoms. The van der Waals surface area contributed by atoms with Crippen molar-refractivity contribution in [2.45, 2.75) is 0 Å². The molecule has 1 aromatic rings. The number of rotatable bonds is 3. The summed E-state index contributed by atoms with van der Waals surface area (Å²) in [6, 6.07) is 4.33. The molecule has 0 aromatic heterocycles. The predicted molar refractivity (Wildman–Crippen MR) is 93.8 cm³/mol. The largest absolute Gasteiger partial charge is 0.379 e. The van der Waals surface area contributed by atoms with Crippen LogP contribution in [-0.2, 0) is 9.53 Å². The molecule has 0 saturated carbocycles. The highest BCUT2D eigenvalue weighted by molar-refractivity contribution is 9.10. The molecule has 6 nitrogen and oxygen atoms in total. The molecule has 2 fully saturated rings. The minimum atomic E-state index is -0.529. The summed E-state index contributed by atoms with van der Waals surface area (Å²) in [5.74, 6) is -0.791. The quantitative estimate of drug-likeness (QED) is 0.746. The van der Waals surface area contributed by atoms with Crippen molar-refractivity contribution < 1.29 is 18.7 Å². The molecule has 0 N–H and O–H groups in total. The molecule has 1 aromatic carbocycles. The summed E-state index contributed by atoms with van der Waals surface area (Å²) in [5.41, 5.74) is 0.0578. The van der Waals surface area contributed by atoms with E-state index < -0.39 is 5.82 Å². The molecular formula is C17H21BrFN3O3. The molecule has 0 aliphatic carbocycles. The van der Waals surface area contributed by atoms with Gasteiger partial charge in [0.05, 0.1) is 25.3 Å². The van der Waals surface area contributed by atoms with Gasteiger partial charge in [-0.25, -0.2) is 4.39 Å². The van der Waals surface area contributed by atoms with Gasteiger partial charge in [0, 0.05) is 43.7 Å². The number of hydrogen-bond donors (Lipinski definition) is 0. The van der Waals surface area contributed by atoms with Crippen LogP contribution in [0, 0.1) is 5.82 Å². The molecule has 0 radical (unpaired) electrons. The van der Waals surface area contributed by atoms with E-state index >= 15 is 0 Å². The van der Waals surface area contributed by atoms with Gasteiger partial charge in [0.15, 0.2) is 0 Å². The number of nitrogens with zero attached hydrogens (tertiary/aromatic N) is 3. The Hall–Kier alpha value is -1.51. The lowest BCUT2D eigenvalue weighted by Gasteiger charge is -2.36. The number of benzene rings is 1. The van der Waals surface area contributed by atoms with Crippen molar-refractivity contribution >= 4 is 27.7 Å². The van der Waals surface area contributed by atoms with E-state index in [0.29, 0.717) is 50.4 Å². The molecule has 136 valence electrons. The minimum Gasteiger partial charge on any atom is -0.379 e. The summed E-state index contributed by atoms with van der Waals surface area (Å²) in [6.45, 7) is 5.03. The third-order valence-electron chi connectivity index (χ3n) is 4.54. The van der Waals surface area contributed by atoms with Crippen molar-refractivity contribution in [2.75, 3.05) is 59.0 Å². The second-order valence-electron chi connectivity index (χ2n) is 6.19. The number of halogens is 2. The SMILES string of the molecule is O=C(CN1CCOCC1)N1CCN(C(=O)c2cc(Br)ccc2F)CC1. The number of morpholine rings is 1. The summed E-state index contributed by atoms with van der Waals surface area (Å²) >= 11 is 3.26. The van der Waals surface area contributed by atoms with Crippen LogP contribution in [0.2, 0.25) is 0 Å². The molecule has 0 bridgehead atoms. The topological polar surface area (TPSA) is 53.1 Å². The summed E-state index contributed by atoms with van der Waals surface area (Å²) in [5, 5.41) is 0. The third kappa shape index (κ3) is 4.56. The molecule has 0 atom stereocenters. The molecule has 8 heteroatoms. The summed E-state index contributed by atoms with van der Waals surface area (Å²) in [6.07, 6.45) is 0. The van der Waals surface area contributed by atoms with Crippen LogP contribution in [0.3, 0.4) is 0 Å². The van der Waals surface area contributed by atoms with E-state index in [1.807, 2.05) is 0 Å². The zero-order valence-electron chi connectivity index (χ0n) is 13.9. The smallest absolute Gasteiger partial charge is 0.256 e. The first-order valence-corrected chi connectivity index (χ1v) is 9.16. The van der Waals surface area contributed by atoms with E-state index in [2.05, 4.69) is 20.8 Å². The van der Waals surface area contributed by atoms with Gasteiger partial charge in [-0.05, 0) is 18.2 Å². The molecule has 2 saturated heterocycles. The van der Waals surface area contributed by atoms with Crippen molar-refractivity contribution in [3.8, 4) is 0 Å². The van der Waals surface area contributed by atoms with E-state index in [0.717, 1.165) is 13.1 Å². The van der Waals surface area contributed by atoms with Crippen LogP contribution in [0.1, 0.15) is 10.4 Å². The van der Waals surface area contributed by atoms with Crippen LogP contribution in [0.25, 0.3) is 0 Å². The summed E-state index contributed by atoms with van der Waals surface area (Å²) < 4.78 is 19.8. The van der Waals surface area contributed by atoms with Crippen LogP contribution in [0.15, 0.2) is 22.7 Å². The molecular weight excluding hydrogens is 393 g/mol. The van der Waals surface area contributed by atoms with Crippen LogP contribution in [0.5, 0.6) is 0 Å². The Morgan fingerprint density at radius 3 is 2.36 bits per heavy atom. The van der Waals surface area contributed by atoms with Crippen molar-refractivity contribution in [2.24, 2.45) is 0 Å². The second-order valence-corrected chi connectivity index (χ2v) is 7.10. The Bertz CT molecular complexity index is 644. The van der Waals surface area contributed by atoms with Gasteiger partial charge in [-0.2, -0.15) is 0 Å². The van der Waals surface area contributed by atoms with Crippen molar-refractivity contribution in [1.82, 2.24) is 14.7 Å². The standard InChI is InChI=1S/C17H21BrFN3O3/c18-13-1-2-15(19)14(11-13)17(24)22-5-3-21(4-6-22)16(23)12-20-7-9-25-10-8-20/h1-2,11H,3-10,12H2. The Morgan fingerprint density at radius 2 is 1.68 bits per heavy atom. The van der Waals surface area contributed by atoms with Gasteiger partial charge in [0.25, 0.3) is 5.91 Å². The Balaban J connectivity index is 1.53. The zero-order valence-corrected chi connectivity index (χ0v) is 15.5. The number of amides is 2. The van der Waals surface area contributed by atoms with Gasteiger partial charge in [-0.1, -0.05) is 15.9 Å². The van der Waals surface area contributed by atoms with E-state index in [9.17, 15) is 14.0 Å². The van der Waals surface area contributed by atoms with Gasteiger partial charge in [0.1, 0.15) is 5.82 Å². The maximum atomic E-state index is 13.9. The number of carbonyl (C=O) groups is 2. The van der Waals surface area contributed by atoms with Crippen molar-refractivity contribution in [3.63, 3.8) is 0 Å². The van der Waals surface area contributed by atoms with Crippen molar-refractivity contribution in [3.05, 3.63) is 34.1 Å². The van der Waals surface area contributed by atoms with E-state index in [1.54, 1.807) is 15.9 Å². The van der Waals surface area contributed by atoms with Crippen LogP contribution >= 0.6 is 15.9 Å². The highest BCUT2D eigenvalue weighted by Crippen LogP contribution is 2.18. The van der Waals surface area contributed by atoms with Gasteiger partial charge >= 0.3 is 0 Å². The lowest BCUT2D eigenvalue weighted by atomic mass is 10.1. The van der Waals surface area contributed by atoms with E-state index in [4.69, 9.17) is 4.74 Å². The lowest BCUT2D eigenvalue weighted by Crippen LogP contribution is -2.53. The Morgan fingerprint density at radius 1 is 1.04 bits per heavy atom. The fourth-order valence-electron chi connectivity index (χ4n) is 3.04. The van der Waals surface area contributed by atoms with Gasteiger partial charge < -0.3 is 14.5 Å². The average molecular weight is 414 g/mol. The summed E-state index contributed by atoms with van der Waals surface area (Å²) in [7, 11) is 0. The highest BCUT2D eigenvalue weighted by Gasteiger charge is 2.27.